The molecule has 1 aliphatic heterocycles. The number of likely N-dealkylation sites (tertiary alicyclic amines) is 1. The lowest BCUT2D eigenvalue weighted by Gasteiger charge is -2.58. The van der Waals surface area contributed by atoms with Crippen LogP contribution in [0.2, 0.25) is 0 Å². The van der Waals surface area contributed by atoms with Gasteiger partial charge < -0.3 is 14.7 Å². The molecule has 1 heterocycles. The van der Waals surface area contributed by atoms with E-state index in [1.807, 2.05) is 0 Å². The summed E-state index contributed by atoms with van der Waals surface area (Å²) in [6.07, 6.45) is 9.52. The SMILES string of the molecule is CCCC(C(C=CO)C12c3cc(OC)ccc3CC1CN(CC1CC1)C(C)C2C)N(C)c1ccccc1. The molecule has 5 rings (SSSR count). The van der Waals surface area contributed by atoms with E-state index in [0.717, 1.165) is 37.5 Å². The van der Waals surface area contributed by atoms with Gasteiger partial charge in [0.25, 0.3) is 0 Å². The lowest BCUT2D eigenvalue weighted by Crippen LogP contribution is -2.63. The molecular formula is C33H46N2O2. The molecule has 6 atom stereocenters. The molecule has 2 aromatic rings. The third-order valence-electron chi connectivity index (χ3n) is 10.1. The fraction of sp³-hybridized carbons (Fsp3) is 0.576. The van der Waals surface area contributed by atoms with Crippen molar-refractivity contribution in [3.63, 3.8) is 0 Å². The summed E-state index contributed by atoms with van der Waals surface area (Å²) in [4.78, 5) is 5.27. The molecule has 4 heteroatoms. The Morgan fingerprint density at radius 2 is 1.92 bits per heavy atom. The molecule has 2 aromatic carbocycles. The summed E-state index contributed by atoms with van der Waals surface area (Å²) < 4.78 is 5.78. The second-order valence-corrected chi connectivity index (χ2v) is 12.0. The number of ether oxygens (including phenoxy) is 1. The van der Waals surface area contributed by atoms with Crippen molar-refractivity contribution >= 4 is 5.69 Å². The lowest BCUT2D eigenvalue weighted by atomic mass is 9.53. The first-order valence-corrected chi connectivity index (χ1v) is 14.5. The van der Waals surface area contributed by atoms with Crippen LogP contribution in [-0.4, -0.2) is 49.3 Å². The van der Waals surface area contributed by atoms with Crippen LogP contribution in [0.1, 0.15) is 57.6 Å². The standard InChI is InChI=1S/C33H46N2O2/c1-6-10-32(34(4)28-11-8-7-9-12-28)30(17-18-36)33-23(2)24(3)35(21-25-13-14-25)22-27(33)19-26-15-16-29(37-5)20-31(26)33/h7-9,11-12,15-18,20,23-25,27,30,32,36H,6,10,13-14,19,21-22H2,1-5H3. The summed E-state index contributed by atoms with van der Waals surface area (Å²) in [5.41, 5.74) is 4.08. The molecule has 0 radical (unpaired) electrons. The Kier molecular flexibility index (Phi) is 7.58. The highest BCUT2D eigenvalue weighted by atomic mass is 16.5. The van der Waals surface area contributed by atoms with E-state index in [-0.39, 0.29) is 17.4 Å². The maximum atomic E-state index is 10.4. The van der Waals surface area contributed by atoms with Crippen LogP contribution in [0.25, 0.3) is 0 Å². The van der Waals surface area contributed by atoms with E-state index in [4.69, 9.17) is 4.74 Å². The third kappa shape index (κ3) is 4.56. The maximum Gasteiger partial charge on any atom is 0.119 e. The highest BCUT2D eigenvalue weighted by Gasteiger charge is 2.60. The van der Waals surface area contributed by atoms with Gasteiger partial charge in [0.1, 0.15) is 5.75 Å². The smallest absolute Gasteiger partial charge is 0.119 e. The van der Waals surface area contributed by atoms with Gasteiger partial charge >= 0.3 is 0 Å². The molecule has 200 valence electrons. The first kappa shape index (κ1) is 26.2. The average molecular weight is 503 g/mol. The van der Waals surface area contributed by atoms with Crippen LogP contribution < -0.4 is 9.64 Å². The minimum Gasteiger partial charge on any atom is -0.516 e. The quantitative estimate of drug-likeness (QED) is 0.361. The summed E-state index contributed by atoms with van der Waals surface area (Å²) in [5.74, 6) is 2.93. The molecule has 3 aliphatic rings. The Morgan fingerprint density at radius 1 is 1.16 bits per heavy atom. The van der Waals surface area contributed by atoms with Crippen molar-refractivity contribution in [1.82, 2.24) is 4.90 Å². The van der Waals surface area contributed by atoms with Gasteiger partial charge in [-0.1, -0.05) is 44.5 Å². The van der Waals surface area contributed by atoms with E-state index >= 15 is 0 Å². The number of methoxy groups -OCH3 is 1. The number of aliphatic hydroxyl groups excluding tert-OH is 1. The summed E-state index contributed by atoms with van der Waals surface area (Å²) >= 11 is 0. The summed E-state index contributed by atoms with van der Waals surface area (Å²) in [6, 6.07) is 18.3. The highest BCUT2D eigenvalue weighted by Crippen LogP contribution is 2.59. The number of fused-ring (bicyclic) bond motifs is 3. The van der Waals surface area contributed by atoms with Gasteiger partial charge in [-0.25, -0.2) is 0 Å². The Morgan fingerprint density at radius 3 is 2.57 bits per heavy atom. The van der Waals surface area contributed by atoms with Crippen LogP contribution in [0, 0.1) is 23.7 Å². The Balaban J connectivity index is 1.66. The molecule has 1 saturated carbocycles. The third-order valence-corrected chi connectivity index (χ3v) is 10.1. The molecular weight excluding hydrogens is 456 g/mol. The van der Waals surface area contributed by atoms with Crippen molar-refractivity contribution < 1.29 is 9.84 Å². The molecule has 0 spiro atoms. The van der Waals surface area contributed by atoms with Crippen LogP contribution in [0.5, 0.6) is 5.75 Å². The van der Waals surface area contributed by atoms with E-state index < -0.39 is 0 Å². The van der Waals surface area contributed by atoms with Gasteiger partial charge in [-0.15, -0.1) is 0 Å². The lowest BCUT2D eigenvalue weighted by molar-refractivity contribution is -0.0259. The van der Waals surface area contributed by atoms with Gasteiger partial charge in [0.15, 0.2) is 0 Å². The zero-order valence-corrected chi connectivity index (χ0v) is 23.4. The van der Waals surface area contributed by atoms with Gasteiger partial charge in [0.2, 0.25) is 0 Å². The van der Waals surface area contributed by atoms with Gasteiger partial charge in [-0.3, -0.25) is 4.90 Å². The van der Waals surface area contributed by atoms with Crippen LogP contribution >= 0.6 is 0 Å². The number of hydrogen-bond donors (Lipinski definition) is 1. The van der Waals surface area contributed by atoms with Crippen LogP contribution in [0.15, 0.2) is 60.9 Å². The van der Waals surface area contributed by atoms with Crippen molar-refractivity contribution in [1.29, 1.82) is 0 Å². The van der Waals surface area contributed by atoms with Crippen molar-refractivity contribution in [3.8, 4) is 5.75 Å². The van der Waals surface area contributed by atoms with Gasteiger partial charge in [0.05, 0.1) is 13.4 Å². The van der Waals surface area contributed by atoms with E-state index in [9.17, 15) is 5.11 Å². The van der Waals surface area contributed by atoms with Crippen LogP contribution in [-0.2, 0) is 11.8 Å². The minimum absolute atomic E-state index is 0.0779. The van der Waals surface area contributed by atoms with Crippen molar-refractivity contribution in [3.05, 3.63) is 72.0 Å². The van der Waals surface area contributed by atoms with Gasteiger partial charge in [-0.2, -0.15) is 0 Å². The topological polar surface area (TPSA) is 35.9 Å². The predicted octanol–water partition coefficient (Wildman–Crippen LogP) is 6.85. The predicted molar refractivity (Wildman–Crippen MR) is 154 cm³/mol. The number of anilines is 1. The number of aliphatic hydroxyl groups is 1. The Hall–Kier alpha value is -2.46. The van der Waals surface area contributed by atoms with E-state index in [2.05, 4.69) is 92.2 Å². The Labute approximate surface area is 224 Å². The van der Waals surface area contributed by atoms with E-state index in [1.165, 1.54) is 42.5 Å². The number of benzene rings is 2. The fourth-order valence-electron chi connectivity index (χ4n) is 8.01. The summed E-state index contributed by atoms with van der Waals surface area (Å²) in [5, 5.41) is 10.4. The normalized spacial score (nSPS) is 29.1. The average Bonchev–Trinajstić information content (AvgIpc) is 3.68. The van der Waals surface area contributed by atoms with Gasteiger partial charge in [0, 0.05) is 49.2 Å². The zero-order chi connectivity index (χ0) is 26.2. The molecule has 0 aromatic heterocycles. The molecule has 6 unspecified atom stereocenters. The minimum atomic E-state index is -0.0779. The number of piperidine rings is 1. The summed E-state index contributed by atoms with van der Waals surface area (Å²) in [6.45, 7) is 9.60. The zero-order valence-electron chi connectivity index (χ0n) is 23.4. The van der Waals surface area contributed by atoms with Crippen molar-refractivity contribution in [2.45, 2.75) is 70.4 Å². The second kappa shape index (κ2) is 10.7. The molecule has 2 fully saturated rings. The molecule has 37 heavy (non-hydrogen) atoms. The Bertz CT molecular complexity index is 1080. The second-order valence-electron chi connectivity index (χ2n) is 12.0. The van der Waals surface area contributed by atoms with Crippen molar-refractivity contribution in [2.75, 3.05) is 32.1 Å². The van der Waals surface area contributed by atoms with E-state index in [1.54, 1.807) is 7.11 Å². The molecule has 0 amide bonds. The first-order chi connectivity index (χ1) is 17.9. The fourth-order valence-corrected chi connectivity index (χ4v) is 8.01. The maximum absolute atomic E-state index is 10.4. The molecule has 4 nitrogen and oxygen atoms in total. The number of hydrogen-bond acceptors (Lipinski definition) is 4. The van der Waals surface area contributed by atoms with E-state index in [0.29, 0.717) is 17.9 Å². The first-order valence-electron chi connectivity index (χ1n) is 14.5. The largest absolute Gasteiger partial charge is 0.516 e. The number of para-hydroxylation sites is 1. The molecule has 1 saturated heterocycles. The summed E-state index contributed by atoms with van der Waals surface area (Å²) in [7, 11) is 4.02. The highest BCUT2D eigenvalue weighted by molar-refractivity contribution is 5.51. The number of nitrogens with zero attached hydrogens (tertiary/aromatic N) is 2. The monoisotopic (exact) mass is 502 g/mol. The van der Waals surface area contributed by atoms with Gasteiger partial charge in [-0.05, 0) is 91.8 Å². The van der Waals surface area contributed by atoms with Crippen molar-refractivity contribution in [2.24, 2.45) is 23.7 Å². The molecule has 0 bridgehead atoms. The number of rotatable bonds is 10. The molecule has 2 aliphatic carbocycles. The van der Waals surface area contributed by atoms with Crippen LogP contribution in [0.3, 0.4) is 0 Å². The molecule has 1 N–H and O–H groups in total. The van der Waals surface area contributed by atoms with Crippen LogP contribution in [0.4, 0.5) is 5.69 Å².